The first-order chi connectivity index (χ1) is 5.88. The van der Waals surface area contributed by atoms with Gasteiger partial charge in [-0.15, -0.1) is 11.3 Å². The van der Waals surface area contributed by atoms with Crippen LogP contribution in [0.5, 0.6) is 0 Å². The van der Waals surface area contributed by atoms with Gasteiger partial charge in [-0.3, -0.25) is 0 Å². The highest BCUT2D eigenvalue weighted by Gasteiger charge is 1.89. The molecular formula is C8H6N2S2. The average Bonchev–Trinajstić information content (AvgIpc) is 2.52. The van der Waals surface area contributed by atoms with E-state index in [-0.39, 0.29) is 0 Å². The Morgan fingerprint density at radius 3 is 2.75 bits per heavy atom. The van der Waals surface area contributed by atoms with E-state index in [0.717, 1.165) is 5.52 Å². The van der Waals surface area contributed by atoms with Crippen molar-refractivity contribution in [1.29, 1.82) is 5.41 Å². The number of fused-ring (bicyclic) bond motifs is 1. The van der Waals surface area contributed by atoms with E-state index in [1.54, 1.807) is 16.5 Å². The van der Waals surface area contributed by atoms with Crippen LogP contribution in [-0.4, -0.2) is 10.1 Å². The summed E-state index contributed by atoms with van der Waals surface area (Å²) in [5, 5.41) is 7.36. The van der Waals surface area contributed by atoms with Gasteiger partial charge in [-0.1, -0.05) is 12.1 Å². The third-order valence-corrected chi connectivity index (χ3v) is 2.05. The highest BCUT2D eigenvalue weighted by molar-refractivity contribution is 7.78. The van der Waals surface area contributed by atoms with Crippen molar-refractivity contribution in [3.8, 4) is 0 Å². The second kappa shape index (κ2) is 4.72. The predicted octanol–water partition coefficient (Wildman–Crippen LogP) is 2.96. The standard InChI is InChI=1S/C7H5NS.CHNS/c1-2-4-7-6(3-1)8-5-9-7;2-1-3/h1-5H;2H. The fourth-order valence-corrected chi connectivity index (χ4v) is 1.48. The summed E-state index contributed by atoms with van der Waals surface area (Å²) in [4.78, 5) is 4.14. The summed E-state index contributed by atoms with van der Waals surface area (Å²) in [5.41, 5.74) is 2.97. The lowest BCUT2D eigenvalue weighted by Gasteiger charge is -1.80. The van der Waals surface area contributed by atoms with Gasteiger partial charge in [-0.2, -0.15) is 0 Å². The molecule has 0 unspecified atom stereocenters. The molecule has 0 aliphatic heterocycles. The third kappa shape index (κ3) is 2.20. The first-order valence-electron chi connectivity index (χ1n) is 3.20. The van der Waals surface area contributed by atoms with Crippen LogP contribution in [0.1, 0.15) is 0 Å². The highest BCUT2D eigenvalue weighted by Crippen LogP contribution is 2.15. The number of nitrogens with one attached hydrogen (secondary N) is 1. The van der Waals surface area contributed by atoms with E-state index < -0.39 is 0 Å². The van der Waals surface area contributed by atoms with Gasteiger partial charge in [0.25, 0.3) is 0 Å². The number of thiocarbonyl (C=S) groups is 1. The number of thiazole rings is 1. The van der Waals surface area contributed by atoms with E-state index in [0.29, 0.717) is 0 Å². The lowest BCUT2D eigenvalue weighted by atomic mass is 10.3. The smallest absolute Gasteiger partial charge is 0.0812 e. The molecule has 2 nitrogen and oxygen atoms in total. The number of nitrogens with zero attached hydrogens (tertiary/aromatic N) is 1. The van der Waals surface area contributed by atoms with Gasteiger partial charge in [-0.25, -0.2) is 10.4 Å². The molecule has 60 valence electrons. The molecule has 1 aromatic heterocycles. The lowest BCUT2D eigenvalue weighted by molar-refractivity contribution is 1.50. The SMILES string of the molecule is N=C=S.c1ccc2scnc2c1. The summed E-state index contributed by atoms with van der Waals surface area (Å²) in [7, 11) is 0. The van der Waals surface area contributed by atoms with Gasteiger partial charge in [0.15, 0.2) is 0 Å². The van der Waals surface area contributed by atoms with Crippen LogP contribution >= 0.6 is 23.6 Å². The Labute approximate surface area is 79.4 Å². The van der Waals surface area contributed by atoms with Gasteiger partial charge in [-0.05, 0) is 24.4 Å². The normalized spacial score (nSPS) is 8.33. The van der Waals surface area contributed by atoms with Gasteiger partial charge in [0.05, 0.1) is 20.9 Å². The second-order valence-corrected chi connectivity index (χ2v) is 3.01. The Morgan fingerprint density at radius 1 is 1.42 bits per heavy atom. The van der Waals surface area contributed by atoms with Crippen molar-refractivity contribution in [2.24, 2.45) is 0 Å². The highest BCUT2D eigenvalue weighted by atomic mass is 32.1. The predicted molar refractivity (Wildman–Crippen MR) is 54.9 cm³/mol. The number of hydrogen-bond donors (Lipinski definition) is 1. The molecule has 0 aliphatic carbocycles. The molecule has 0 fully saturated rings. The number of rotatable bonds is 0. The molecule has 0 saturated heterocycles. The van der Waals surface area contributed by atoms with Crippen molar-refractivity contribution in [2.45, 2.75) is 0 Å². The maximum Gasteiger partial charge on any atom is 0.0812 e. The zero-order valence-corrected chi connectivity index (χ0v) is 7.78. The first-order valence-corrected chi connectivity index (χ1v) is 4.49. The van der Waals surface area contributed by atoms with E-state index >= 15 is 0 Å². The minimum Gasteiger partial charge on any atom is -0.248 e. The molecule has 0 aliphatic rings. The number of para-hydroxylation sites is 1. The topological polar surface area (TPSA) is 36.7 Å². The Morgan fingerprint density at radius 2 is 2.08 bits per heavy atom. The maximum absolute atomic E-state index is 5.77. The molecule has 1 aromatic carbocycles. The Kier molecular flexibility index (Phi) is 3.54. The molecule has 0 saturated carbocycles. The molecule has 0 spiro atoms. The number of isothiocyanates is 1. The molecule has 12 heavy (non-hydrogen) atoms. The Balaban J connectivity index is 0.000000213. The Bertz CT molecular complexity index is 358. The molecule has 0 radical (unpaired) electrons. The van der Waals surface area contributed by atoms with Gasteiger partial charge in [0, 0.05) is 0 Å². The zero-order valence-electron chi connectivity index (χ0n) is 6.15. The maximum atomic E-state index is 5.77. The molecule has 0 bridgehead atoms. The van der Waals surface area contributed by atoms with Gasteiger partial charge in [0.1, 0.15) is 0 Å². The van der Waals surface area contributed by atoms with E-state index in [4.69, 9.17) is 5.41 Å². The van der Waals surface area contributed by atoms with Crippen LogP contribution in [0.3, 0.4) is 0 Å². The van der Waals surface area contributed by atoms with Crippen LogP contribution in [-0.2, 0) is 0 Å². The first kappa shape index (κ1) is 9.00. The summed E-state index contributed by atoms with van der Waals surface area (Å²) < 4.78 is 1.26. The van der Waals surface area contributed by atoms with Gasteiger partial charge in [0.2, 0.25) is 0 Å². The minimum atomic E-state index is 1.10. The molecule has 2 aromatic rings. The van der Waals surface area contributed by atoms with Crippen LogP contribution in [0.2, 0.25) is 0 Å². The van der Waals surface area contributed by atoms with E-state index in [1.807, 2.05) is 23.7 Å². The van der Waals surface area contributed by atoms with Crippen LogP contribution in [0.15, 0.2) is 29.8 Å². The molecule has 0 atom stereocenters. The molecule has 1 heterocycles. The van der Waals surface area contributed by atoms with E-state index in [2.05, 4.69) is 23.3 Å². The summed E-state index contributed by atoms with van der Waals surface area (Å²) in [6.45, 7) is 0. The van der Waals surface area contributed by atoms with E-state index in [1.165, 1.54) is 4.70 Å². The van der Waals surface area contributed by atoms with Crippen molar-refractivity contribution in [1.82, 2.24) is 4.98 Å². The zero-order chi connectivity index (χ0) is 8.81. The molecule has 4 heteroatoms. The van der Waals surface area contributed by atoms with Crippen LogP contribution in [0.4, 0.5) is 0 Å². The summed E-state index contributed by atoms with van der Waals surface area (Å²) in [5.74, 6) is 0. The van der Waals surface area contributed by atoms with Crippen molar-refractivity contribution >= 4 is 38.9 Å². The molecule has 0 amide bonds. The minimum absolute atomic E-state index is 1.10. The summed E-state index contributed by atoms with van der Waals surface area (Å²) >= 11 is 5.49. The van der Waals surface area contributed by atoms with E-state index in [9.17, 15) is 0 Å². The van der Waals surface area contributed by atoms with Gasteiger partial charge < -0.3 is 0 Å². The fraction of sp³-hybridized carbons (Fsp3) is 0. The van der Waals surface area contributed by atoms with Crippen molar-refractivity contribution in [2.75, 3.05) is 0 Å². The van der Waals surface area contributed by atoms with Gasteiger partial charge >= 0.3 is 0 Å². The van der Waals surface area contributed by atoms with Crippen molar-refractivity contribution < 1.29 is 0 Å². The fourth-order valence-electron chi connectivity index (χ4n) is 0.803. The van der Waals surface area contributed by atoms with Crippen molar-refractivity contribution in [3.63, 3.8) is 0 Å². The van der Waals surface area contributed by atoms with Crippen molar-refractivity contribution in [3.05, 3.63) is 29.8 Å². The summed E-state index contributed by atoms with van der Waals surface area (Å²) in [6.07, 6.45) is 0. The second-order valence-electron chi connectivity index (χ2n) is 1.92. The lowest BCUT2D eigenvalue weighted by Crippen LogP contribution is -1.61. The molecular weight excluding hydrogens is 188 g/mol. The summed E-state index contributed by atoms with van der Waals surface area (Å²) in [6, 6.07) is 8.13. The van der Waals surface area contributed by atoms with Crippen LogP contribution in [0.25, 0.3) is 10.2 Å². The molecule has 1 N–H and O–H groups in total. The number of hydrogen-bond acceptors (Lipinski definition) is 4. The monoisotopic (exact) mass is 194 g/mol. The van der Waals surface area contributed by atoms with Crippen LogP contribution in [0, 0.1) is 5.41 Å². The van der Waals surface area contributed by atoms with Crippen LogP contribution < -0.4 is 0 Å². The Hall–Kier alpha value is -1.09. The number of benzene rings is 1. The average molecular weight is 194 g/mol. The molecule has 2 rings (SSSR count). The quantitative estimate of drug-likeness (QED) is 0.517. The largest absolute Gasteiger partial charge is 0.248 e. The number of aromatic nitrogens is 1. The third-order valence-electron chi connectivity index (χ3n) is 1.24.